The van der Waals surface area contributed by atoms with Gasteiger partial charge in [0.2, 0.25) is 5.91 Å². The second kappa shape index (κ2) is 10.1. The predicted octanol–water partition coefficient (Wildman–Crippen LogP) is 4.07. The van der Waals surface area contributed by atoms with Gasteiger partial charge < -0.3 is 9.84 Å². The molecule has 1 saturated heterocycles. The molecule has 28 heavy (non-hydrogen) atoms. The van der Waals surface area contributed by atoms with Gasteiger partial charge >= 0.3 is 0 Å². The Labute approximate surface area is 172 Å². The lowest BCUT2D eigenvalue weighted by Crippen LogP contribution is -2.32. The van der Waals surface area contributed by atoms with Gasteiger partial charge in [0.25, 0.3) is 0 Å². The monoisotopic (exact) mass is 401 g/mol. The van der Waals surface area contributed by atoms with Crippen molar-refractivity contribution in [3.8, 4) is 0 Å². The van der Waals surface area contributed by atoms with E-state index in [1.54, 1.807) is 11.8 Å². The minimum Gasteiger partial charge on any atom is -0.361 e. The number of rotatable bonds is 8. The number of nitrogens with one attached hydrogen (secondary N) is 1. The number of carbonyl (C=O) groups is 1. The zero-order valence-electron chi connectivity index (χ0n) is 17.2. The Kier molecular flexibility index (Phi) is 7.57. The van der Waals surface area contributed by atoms with Gasteiger partial charge in [-0.1, -0.05) is 36.3 Å². The number of benzene rings is 1. The maximum absolute atomic E-state index is 12.1. The van der Waals surface area contributed by atoms with Crippen molar-refractivity contribution < 1.29 is 9.32 Å². The van der Waals surface area contributed by atoms with Crippen LogP contribution in [0.5, 0.6) is 0 Å². The maximum Gasteiger partial charge on any atom is 0.230 e. The first-order valence-electron chi connectivity index (χ1n) is 10.1. The lowest BCUT2D eigenvalue weighted by Gasteiger charge is -2.30. The van der Waals surface area contributed by atoms with Crippen LogP contribution in [0.4, 0.5) is 0 Å². The van der Waals surface area contributed by atoms with Crippen LogP contribution < -0.4 is 5.32 Å². The van der Waals surface area contributed by atoms with E-state index in [1.807, 2.05) is 13.8 Å². The van der Waals surface area contributed by atoms with Crippen molar-refractivity contribution in [2.45, 2.75) is 52.5 Å². The van der Waals surface area contributed by atoms with Crippen LogP contribution in [0.1, 0.15) is 47.9 Å². The number of hydrogen-bond donors (Lipinski definition) is 1. The Morgan fingerprint density at radius 2 is 1.89 bits per heavy atom. The summed E-state index contributed by atoms with van der Waals surface area (Å²) in [5.74, 6) is 2.95. The van der Waals surface area contributed by atoms with Crippen LogP contribution in [0.2, 0.25) is 0 Å². The van der Waals surface area contributed by atoms with Crippen molar-refractivity contribution in [2.75, 3.05) is 18.8 Å². The zero-order chi connectivity index (χ0) is 19.9. The van der Waals surface area contributed by atoms with E-state index in [-0.39, 0.29) is 5.91 Å². The van der Waals surface area contributed by atoms with Crippen LogP contribution in [0.25, 0.3) is 0 Å². The Morgan fingerprint density at radius 1 is 1.21 bits per heavy atom. The van der Waals surface area contributed by atoms with Crippen molar-refractivity contribution in [1.82, 2.24) is 15.4 Å². The normalized spacial score (nSPS) is 15.7. The molecule has 1 aromatic carbocycles. The number of nitrogens with zero attached hydrogens (tertiary/aromatic N) is 2. The third kappa shape index (κ3) is 6.11. The third-order valence-electron chi connectivity index (χ3n) is 5.46. The highest BCUT2D eigenvalue weighted by atomic mass is 32.2. The average molecular weight is 402 g/mol. The molecule has 5 nitrogen and oxygen atoms in total. The quantitative estimate of drug-likeness (QED) is 0.722. The first-order chi connectivity index (χ1) is 13.5. The highest BCUT2D eigenvalue weighted by Gasteiger charge is 2.15. The molecule has 0 spiro atoms. The molecule has 0 unspecified atom stereocenters. The van der Waals surface area contributed by atoms with E-state index in [0.29, 0.717) is 12.3 Å². The van der Waals surface area contributed by atoms with Gasteiger partial charge in [-0.25, -0.2) is 0 Å². The first kappa shape index (κ1) is 20.9. The van der Waals surface area contributed by atoms with E-state index in [4.69, 9.17) is 4.52 Å². The highest BCUT2D eigenvalue weighted by Crippen LogP contribution is 2.20. The van der Waals surface area contributed by atoms with Crippen LogP contribution in [0, 0.1) is 19.8 Å². The lowest BCUT2D eigenvalue weighted by atomic mass is 9.99. The summed E-state index contributed by atoms with van der Waals surface area (Å²) in [4.78, 5) is 14.6. The summed E-state index contributed by atoms with van der Waals surface area (Å²) in [7, 11) is 0. The van der Waals surface area contributed by atoms with Gasteiger partial charge in [-0.05, 0) is 56.8 Å². The minimum atomic E-state index is 0.0586. The molecular formula is C22H31N3O2S. The van der Waals surface area contributed by atoms with Crippen LogP contribution >= 0.6 is 11.8 Å². The Balaban J connectivity index is 1.36. The molecule has 0 radical (unpaired) electrons. The number of aromatic nitrogens is 1. The lowest BCUT2D eigenvalue weighted by molar-refractivity contribution is -0.118. The highest BCUT2D eigenvalue weighted by molar-refractivity contribution is 7.99. The molecule has 0 aliphatic carbocycles. The Bertz CT molecular complexity index is 745. The minimum absolute atomic E-state index is 0.0586. The molecule has 2 aromatic rings. The molecule has 1 aliphatic rings. The summed E-state index contributed by atoms with van der Waals surface area (Å²) in [6.45, 7) is 10.2. The second-order valence-electron chi connectivity index (χ2n) is 7.85. The van der Waals surface area contributed by atoms with Crippen molar-refractivity contribution in [3.63, 3.8) is 0 Å². The number of carbonyl (C=O) groups excluding carboxylic acids is 1. The van der Waals surface area contributed by atoms with E-state index in [9.17, 15) is 4.79 Å². The smallest absolute Gasteiger partial charge is 0.230 e. The summed E-state index contributed by atoms with van der Waals surface area (Å²) in [6, 6.07) is 8.62. The van der Waals surface area contributed by atoms with Gasteiger partial charge in [-0.15, -0.1) is 11.8 Å². The third-order valence-corrected chi connectivity index (χ3v) is 6.41. The Morgan fingerprint density at radius 3 is 2.54 bits per heavy atom. The first-order valence-corrected chi connectivity index (χ1v) is 11.2. The van der Waals surface area contributed by atoms with Crippen LogP contribution in [0.15, 0.2) is 28.8 Å². The fourth-order valence-electron chi connectivity index (χ4n) is 3.45. The molecule has 0 bridgehead atoms. The molecule has 1 fully saturated rings. The summed E-state index contributed by atoms with van der Waals surface area (Å²) in [6.07, 6.45) is 2.61. The average Bonchev–Trinajstić information content (AvgIpc) is 3.01. The van der Waals surface area contributed by atoms with Crippen LogP contribution in [-0.2, 0) is 23.6 Å². The number of thioether (sulfide) groups is 1. The summed E-state index contributed by atoms with van der Waals surface area (Å²) in [5, 5.41) is 6.95. The van der Waals surface area contributed by atoms with E-state index in [1.165, 1.54) is 31.5 Å². The number of amides is 1. The van der Waals surface area contributed by atoms with Gasteiger partial charge in [0.15, 0.2) is 0 Å². The van der Waals surface area contributed by atoms with Gasteiger partial charge in [0.05, 0.1) is 11.4 Å². The molecule has 152 valence electrons. The summed E-state index contributed by atoms with van der Waals surface area (Å²) in [5.41, 5.74) is 4.49. The van der Waals surface area contributed by atoms with E-state index >= 15 is 0 Å². The number of hydrogen-bond acceptors (Lipinski definition) is 5. The fourth-order valence-corrected chi connectivity index (χ4v) is 4.45. The fraction of sp³-hybridized carbons (Fsp3) is 0.545. The van der Waals surface area contributed by atoms with E-state index in [2.05, 4.69) is 46.6 Å². The molecule has 1 aliphatic heterocycles. The molecule has 6 heteroatoms. The molecule has 1 amide bonds. The van der Waals surface area contributed by atoms with Gasteiger partial charge in [-0.3, -0.25) is 9.69 Å². The van der Waals surface area contributed by atoms with Gasteiger partial charge in [0, 0.05) is 24.4 Å². The van der Waals surface area contributed by atoms with E-state index in [0.717, 1.165) is 40.8 Å². The van der Waals surface area contributed by atoms with Crippen molar-refractivity contribution in [1.29, 1.82) is 0 Å². The Hall–Kier alpha value is -1.79. The second-order valence-corrected chi connectivity index (χ2v) is 8.83. The SMILES string of the molecule is Cc1noc(C)c1CSCC(=O)NCc1ccc(CN2CCC(C)CC2)cc1. The zero-order valence-corrected chi connectivity index (χ0v) is 18.0. The van der Waals surface area contributed by atoms with Crippen molar-refractivity contribution >= 4 is 17.7 Å². The van der Waals surface area contributed by atoms with Crippen LogP contribution in [-0.4, -0.2) is 34.8 Å². The molecular weight excluding hydrogens is 370 g/mol. The topological polar surface area (TPSA) is 58.4 Å². The van der Waals surface area contributed by atoms with Crippen molar-refractivity contribution in [3.05, 3.63) is 52.4 Å². The van der Waals surface area contributed by atoms with Gasteiger partial charge in [-0.2, -0.15) is 0 Å². The van der Waals surface area contributed by atoms with E-state index < -0.39 is 0 Å². The standard InChI is InChI=1S/C22H31N3O2S/c1-16-8-10-25(11-9-16)13-20-6-4-19(5-7-20)12-23-22(26)15-28-14-21-17(2)24-27-18(21)3/h4-7,16H,8-15H2,1-3H3,(H,23,26). The molecule has 3 rings (SSSR count). The molecule has 2 heterocycles. The largest absolute Gasteiger partial charge is 0.361 e. The molecule has 1 aromatic heterocycles. The number of piperidine rings is 1. The predicted molar refractivity (Wildman–Crippen MR) is 114 cm³/mol. The maximum atomic E-state index is 12.1. The summed E-state index contributed by atoms with van der Waals surface area (Å²) < 4.78 is 5.15. The number of aryl methyl sites for hydroxylation is 2. The van der Waals surface area contributed by atoms with Crippen LogP contribution in [0.3, 0.4) is 0 Å². The summed E-state index contributed by atoms with van der Waals surface area (Å²) >= 11 is 1.59. The number of likely N-dealkylation sites (tertiary alicyclic amines) is 1. The molecule has 0 atom stereocenters. The molecule has 0 saturated carbocycles. The molecule has 1 N–H and O–H groups in total. The van der Waals surface area contributed by atoms with Crippen molar-refractivity contribution in [2.24, 2.45) is 5.92 Å². The van der Waals surface area contributed by atoms with Gasteiger partial charge in [0.1, 0.15) is 5.76 Å².